The first-order valence-corrected chi connectivity index (χ1v) is 17.8. The molecule has 0 fully saturated rings. The first-order chi connectivity index (χ1) is 20.5. The van der Waals surface area contributed by atoms with Crippen LogP contribution in [-0.4, -0.2) is 16.8 Å². The maximum absolute atomic E-state index is 14.4. The summed E-state index contributed by atoms with van der Waals surface area (Å²) >= 11 is 0. The molecule has 44 heavy (non-hydrogen) atoms. The molecule has 4 aromatic carbocycles. The lowest BCUT2D eigenvalue weighted by atomic mass is 9.95. The average molecular weight is 633 g/mol. The minimum atomic E-state index is -4.12. The Bertz CT molecular complexity index is 1730. The van der Waals surface area contributed by atoms with Crippen molar-refractivity contribution in [2.24, 2.45) is 0 Å². The predicted molar refractivity (Wildman–Crippen MR) is 179 cm³/mol. The first-order valence-electron chi connectivity index (χ1n) is 14.8. The van der Waals surface area contributed by atoms with Gasteiger partial charge in [-0.1, -0.05) is 60.7 Å². The van der Waals surface area contributed by atoms with Crippen LogP contribution in [0.4, 0.5) is 0 Å². The Kier molecular flexibility index (Phi) is 9.62. The van der Waals surface area contributed by atoms with Gasteiger partial charge in [-0.25, -0.2) is 26.3 Å². The summed E-state index contributed by atoms with van der Waals surface area (Å²) in [5.74, 6) is 0. The smallest absolute Gasteiger partial charge is 0.207 e. The van der Waals surface area contributed by atoms with E-state index in [-0.39, 0.29) is 9.79 Å². The lowest BCUT2D eigenvalue weighted by molar-refractivity contribution is 0.465. The summed E-state index contributed by atoms with van der Waals surface area (Å²) < 4.78 is 63.5. The second kappa shape index (κ2) is 12.6. The molecule has 0 heterocycles. The molecule has 0 spiro atoms. The third-order valence-corrected chi connectivity index (χ3v) is 13.0. The Labute approximate surface area is 264 Å². The highest BCUT2D eigenvalue weighted by Crippen LogP contribution is 2.37. The number of hydrogen-bond donors (Lipinski definition) is 2. The van der Waals surface area contributed by atoms with Crippen LogP contribution < -0.4 is 9.44 Å². The molecular formula is C36H44N2O4S2. The summed E-state index contributed by atoms with van der Waals surface area (Å²) in [5, 5.41) is 0. The minimum Gasteiger partial charge on any atom is -0.207 e. The maximum Gasteiger partial charge on any atom is 0.241 e. The van der Waals surface area contributed by atoms with Crippen molar-refractivity contribution >= 4 is 20.0 Å². The van der Waals surface area contributed by atoms with Crippen molar-refractivity contribution in [3.63, 3.8) is 0 Å². The molecule has 0 saturated carbocycles. The summed E-state index contributed by atoms with van der Waals surface area (Å²) in [6.07, 6.45) is 0. The number of hydrogen-bond acceptors (Lipinski definition) is 4. The fraction of sp³-hybridized carbons (Fsp3) is 0.333. The highest BCUT2D eigenvalue weighted by molar-refractivity contribution is 7.90. The molecule has 4 aromatic rings. The van der Waals surface area contributed by atoms with Crippen LogP contribution in [0.25, 0.3) is 0 Å². The number of sulfonamides is 2. The number of nitrogens with one attached hydrogen (secondary N) is 2. The normalized spacial score (nSPS) is 13.6. The van der Waals surface area contributed by atoms with E-state index < -0.39 is 32.1 Å². The quantitative estimate of drug-likeness (QED) is 0.200. The van der Waals surface area contributed by atoms with Crippen molar-refractivity contribution in [2.75, 3.05) is 0 Å². The van der Waals surface area contributed by atoms with E-state index in [2.05, 4.69) is 9.44 Å². The van der Waals surface area contributed by atoms with E-state index in [0.717, 1.165) is 33.4 Å². The molecule has 4 rings (SSSR count). The highest BCUT2D eigenvalue weighted by Gasteiger charge is 2.36. The predicted octanol–water partition coefficient (Wildman–Crippen LogP) is 7.51. The molecule has 0 amide bonds. The Morgan fingerprint density at radius 1 is 0.386 bits per heavy atom. The van der Waals surface area contributed by atoms with E-state index >= 15 is 0 Å². The van der Waals surface area contributed by atoms with E-state index in [9.17, 15) is 16.8 Å². The molecule has 0 aromatic heterocycles. The molecule has 8 heteroatoms. The Morgan fingerprint density at radius 3 is 0.864 bits per heavy atom. The molecule has 0 aliphatic carbocycles. The van der Waals surface area contributed by atoms with Gasteiger partial charge in [0.05, 0.1) is 21.9 Å². The second-order valence-corrected chi connectivity index (χ2v) is 15.2. The van der Waals surface area contributed by atoms with Crippen LogP contribution >= 0.6 is 0 Å². The number of rotatable bonds is 9. The SMILES string of the molecule is Cc1c(C)c(C)c(S(=O)(=O)N[C@@H](c2ccccc2)[C@@H](NS(=O)(=O)c2c(C)c(C)c(C)c(C)c2C)c2ccccc2)c(C)c1C. The van der Waals surface area contributed by atoms with E-state index in [1.807, 2.05) is 130 Å². The molecule has 2 N–H and O–H groups in total. The van der Waals surface area contributed by atoms with E-state index in [1.54, 1.807) is 0 Å². The third kappa shape index (κ3) is 6.13. The molecule has 2 atom stereocenters. The fourth-order valence-electron chi connectivity index (χ4n) is 6.17. The van der Waals surface area contributed by atoms with Gasteiger partial charge in [-0.3, -0.25) is 0 Å². The summed E-state index contributed by atoms with van der Waals surface area (Å²) in [4.78, 5) is 0.454. The topological polar surface area (TPSA) is 92.3 Å². The summed E-state index contributed by atoms with van der Waals surface area (Å²) in [6, 6.07) is 16.3. The van der Waals surface area contributed by atoms with Gasteiger partial charge in [-0.05, 0) is 136 Å². The monoisotopic (exact) mass is 632 g/mol. The van der Waals surface area contributed by atoms with E-state index in [0.29, 0.717) is 33.4 Å². The van der Waals surface area contributed by atoms with Crippen molar-refractivity contribution in [3.8, 4) is 0 Å². The first kappa shape index (κ1) is 33.6. The lowest BCUT2D eigenvalue weighted by Gasteiger charge is -2.31. The lowest BCUT2D eigenvalue weighted by Crippen LogP contribution is -2.41. The maximum atomic E-state index is 14.4. The van der Waals surface area contributed by atoms with Gasteiger partial charge in [-0.2, -0.15) is 0 Å². The van der Waals surface area contributed by atoms with Gasteiger partial charge in [0.2, 0.25) is 20.0 Å². The van der Waals surface area contributed by atoms with E-state index in [1.165, 1.54) is 0 Å². The van der Waals surface area contributed by atoms with Crippen molar-refractivity contribution in [1.82, 2.24) is 9.44 Å². The van der Waals surface area contributed by atoms with Gasteiger partial charge >= 0.3 is 0 Å². The zero-order chi connectivity index (χ0) is 32.7. The molecule has 0 radical (unpaired) electrons. The van der Waals surface area contributed by atoms with Crippen LogP contribution in [-0.2, 0) is 20.0 Å². The van der Waals surface area contributed by atoms with Crippen molar-refractivity contribution < 1.29 is 16.8 Å². The zero-order valence-electron chi connectivity index (χ0n) is 27.4. The summed E-state index contributed by atoms with van der Waals surface area (Å²) in [7, 11) is -8.25. The van der Waals surface area contributed by atoms with Crippen molar-refractivity contribution in [2.45, 2.75) is 91.1 Å². The molecule has 6 nitrogen and oxygen atoms in total. The van der Waals surface area contributed by atoms with Gasteiger partial charge in [0, 0.05) is 0 Å². The molecule has 0 aliphatic heterocycles. The van der Waals surface area contributed by atoms with Crippen LogP contribution in [0, 0.1) is 69.2 Å². The van der Waals surface area contributed by atoms with Gasteiger partial charge in [0.1, 0.15) is 0 Å². The molecule has 234 valence electrons. The van der Waals surface area contributed by atoms with Crippen molar-refractivity contribution in [1.29, 1.82) is 0 Å². The third-order valence-electron chi connectivity index (χ3n) is 9.61. The van der Waals surface area contributed by atoms with Crippen LogP contribution in [0.5, 0.6) is 0 Å². The molecular weight excluding hydrogens is 589 g/mol. The Morgan fingerprint density at radius 2 is 0.614 bits per heavy atom. The Balaban J connectivity index is 1.95. The van der Waals surface area contributed by atoms with Gasteiger partial charge in [-0.15, -0.1) is 0 Å². The molecule has 0 saturated heterocycles. The zero-order valence-corrected chi connectivity index (χ0v) is 29.0. The number of benzene rings is 4. The summed E-state index contributed by atoms with van der Waals surface area (Å²) in [6.45, 7) is 19.0. The minimum absolute atomic E-state index is 0.227. The standard InChI is InChI=1S/C36H44N2O4S2/c1-21-23(3)27(7)35(28(8)24(21)4)43(39,40)37-33(31-17-13-11-14-18-31)34(32-19-15-12-16-20-32)38-44(41,42)36-29(9)25(5)22(2)26(6)30(36)10/h11-20,33-34,37-38H,1-10H3/t33-,34-/m0/s1. The van der Waals surface area contributed by atoms with Crippen LogP contribution in [0.2, 0.25) is 0 Å². The molecule has 0 unspecified atom stereocenters. The molecule has 0 bridgehead atoms. The molecule has 0 aliphatic rings. The van der Waals surface area contributed by atoms with E-state index in [4.69, 9.17) is 0 Å². The Hall–Kier alpha value is -3.30. The van der Waals surface area contributed by atoms with Crippen LogP contribution in [0.3, 0.4) is 0 Å². The van der Waals surface area contributed by atoms with Gasteiger partial charge in [0.25, 0.3) is 0 Å². The largest absolute Gasteiger partial charge is 0.241 e. The average Bonchev–Trinajstić information content (AvgIpc) is 2.99. The second-order valence-electron chi connectivity index (χ2n) is 11.9. The van der Waals surface area contributed by atoms with Crippen LogP contribution in [0.1, 0.15) is 78.8 Å². The van der Waals surface area contributed by atoms with Gasteiger partial charge < -0.3 is 0 Å². The fourth-order valence-corrected chi connectivity index (χ4v) is 9.84. The summed E-state index contributed by atoms with van der Waals surface area (Å²) in [5.41, 5.74) is 9.77. The van der Waals surface area contributed by atoms with Crippen LogP contribution in [0.15, 0.2) is 70.5 Å². The van der Waals surface area contributed by atoms with Gasteiger partial charge in [0.15, 0.2) is 0 Å². The van der Waals surface area contributed by atoms with Crippen molar-refractivity contribution in [3.05, 3.63) is 127 Å². The highest BCUT2D eigenvalue weighted by atomic mass is 32.2.